The van der Waals surface area contributed by atoms with Crippen LogP contribution in [0.2, 0.25) is 0 Å². The molecule has 0 aliphatic carbocycles. The Morgan fingerprint density at radius 1 is 0.960 bits per heavy atom. The van der Waals surface area contributed by atoms with Crippen LogP contribution in [0.5, 0.6) is 0 Å². The number of carbonyl (C=O) groups excluding carboxylic acids is 2. The van der Waals surface area contributed by atoms with Gasteiger partial charge in [0.05, 0.1) is 6.10 Å². The second kappa shape index (κ2) is 8.53. The van der Waals surface area contributed by atoms with Gasteiger partial charge < -0.3 is 20.6 Å². The van der Waals surface area contributed by atoms with E-state index in [0.717, 1.165) is 5.56 Å². The second-order valence-corrected chi connectivity index (χ2v) is 5.75. The van der Waals surface area contributed by atoms with E-state index in [0.29, 0.717) is 5.56 Å². The van der Waals surface area contributed by atoms with E-state index in [1.807, 2.05) is 18.2 Å². The molecular formula is C19H21NO5. The smallest absolute Gasteiger partial charge is 0.251 e. The SMILES string of the molecule is C[C@@H](O)[C@H](NC(=O)c1ccc(C(O)c2ccccc2)cc1)C(=O)CO. The highest BCUT2D eigenvalue weighted by Crippen LogP contribution is 2.21. The summed E-state index contributed by atoms with van der Waals surface area (Å²) in [5, 5.41) is 31.2. The molecule has 0 saturated heterocycles. The zero-order valence-electron chi connectivity index (χ0n) is 13.8. The lowest BCUT2D eigenvalue weighted by atomic mass is 10.00. The van der Waals surface area contributed by atoms with Crippen molar-refractivity contribution in [2.75, 3.05) is 6.61 Å². The molecule has 6 heteroatoms. The quantitative estimate of drug-likeness (QED) is 0.595. The van der Waals surface area contributed by atoms with Gasteiger partial charge in [0.1, 0.15) is 18.8 Å². The molecule has 2 aromatic carbocycles. The molecule has 0 aliphatic heterocycles. The summed E-state index contributed by atoms with van der Waals surface area (Å²) in [6.07, 6.45) is -1.93. The number of Topliss-reactive ketones (excluding diaryl/α,β-unsaturated/α-hetero) is 1. The zero-order valence-corrected chi connectivity index (χ0v) is 13.8. The number of hydrogen-bond acceptors (Lipinski definition) is 5. The molecule has 2 aromatic rings. The molecule has 4 N–H and O–H groups in total. The molecule has 0 heterocycles. The van der Waals surface area contributed by atoms with Crippen molar-refractivity contribution in [2.45, 2.75) is 25.2 Å². The van der Waals surface area contributed by atoms with Crippen LogP contribution in [-0.2, 0) is 4.79 Å². The first kappa shape index (κ1) is 18.8. The average Bonchev–Trinajstić information content (AvgIpc) is 2.65. The van der Waals surface area contributed by atoms with Crippen molar-refractivity contribution < 1.29 is 24.9 Å². The molecule has 0 aliphatic rings. The van der Waals surface area contributed by atoms with Gasteiger partial charge in [-0.2, -0.15) is 0 Å². The number of rotatable bonds is 7. The standard InChI is InChI=1S/C19H21NO5/c1-12(22)17(16(23)11-21)20-19(25)15-9-7-14(8-10-15)18(24)13-5-3-2-4-6-13/h2-10,12,17-18,21-22,24H,11H2,1H3,(H,20,25)/t12-,17+,18?/m1/s1. The zero-order chi connectivity index (χ0) is 18.4. The third-order valence-corrected chi connectivity index (χ3v) is 3.88. The van der Waals surface area contributed by atoms with Crippen LogP contribution in [0.1, 0.15) is 34.5 Å². The van der Waals surface area contributed by atoms with E-state index in [1.165, 1.54) is 19.1 Å². The van der Waals surface area contributed by atoms with Gasteiger partial charge in [-0.05, 0) is 30.2 Å². The van der Waals surface area contributed by atoms with Gasteiger partial charge in [0.2, 0.25) is 0 Å². The minimum Gasteiger partial charge on any atom is -0.391 e. The van der Waals surface area contributed by atoms with E-state index < -0.39 is 36.5 Å². The third kappa shape index (κ3) is 4.73. The number of aliphatic hydroxyl groups is 3. The molecule has 3 atom stereocenters. The van der Waals surface area contributed by atoms with E-state index >= 15 is 0 Å². The van der Waals surface area contributed by atoms with Crippen LogP contribution in [0.3, 0.4) is 0 Å². The number of ketones is 1. The number of nitrogens with one attached hydrogen (secondary N) is 1. The van der Waals surface area contributed by atoms with Gasteiger partial charge in [-0.15, -0.1) is 0 Å². The van der Waals surface area contributed by atoms with E-state index in [1.54, 1.807) is 24.3 Å². The lowest BCUT2D eigenvalue weighted by molar-refractivity contribution is -0.125. The Bertz CT molecular complexity index is 712. The molecule has 0 fully saturated rings. The average molecular weight is 343 g/mol. The van der Waals surface area contributed by atoms with Gasteiger partial charge in [0, 0.05) is 5.56 Å². The number of amides is 1. The van der Waals surface area contributed by atoms with Crippen molar-refractivity contribution in [3.63, 3.8) is 0 Å². The fraction of sp³-hybridized carbons (Fsp3) is 0.263. The Balaban J connectivity index is 2.11. The van der Waals surface area contributed by atoms with Crippen LogP contribution >= 0.6 is 0 Å². The topological polar surface area (TPSA) is 107 Å². The summed E-state index contributed by atoms with van der Waals surface area (Å²) < 4.78 is 0. The summed E-state index contributed by atoms with van der Waals surface area (Å²) >= 11 is 0. The van der Waals surface area contributed by atoms with Gasteiger partial charge in [-0.1, -0.05) is 42.5 Å². The largest absolute Gasteiger partial charge is 0.391 e. The van der Waals surface area contributed by atoms with Crippen LogP contribution in [0, 0.1) is 0 Å². The van der Waals surface area contributed by atoms with E-state index in [9.17, 15) is 19.8 Å². The fourth-order valence-electron chi connectivity index (χ4n) is 2.44. The molecule has 0 saturated carbocycles. The number of hydrogen-bond donors (Lipinski definition) is 4. The Kier molecular flexibility index (Phi) is 6.41. The first-order valence-electron chi connectivity index (χ1n) is 7.89. The number of carbonyl (C=O) groups is 2. The molecule has 6 nitrogen and oxygen atoms in total. The summed E-state index contributed by atoms with van der Waals surface area (Å²) in [5.41, 5.74) is 1.64. The number of aliphatic hydroxyl groups excluding tert-OH is 3. The Labute approximate surface area is 145 Å². The predicted octanol–water partition coefficient (Wildman–Crippen LogP) is 0.809. The third-order valence-electron chi connectivity index (χ3n) is 3.88. The second-order valence-electron chi connectivity index (χ2n) is 5.75. The first-order valence-corrected chi connectivity index (χ1v) is 7.89. The van der Waals surface area contributed by atoms with Crippen LogP contribution in [0.4, 0.5) is 0 Å². The maximum Gasteiger partial charge on any atom is 0.251 e. The van der Waals surface area contributed by atoms with Gasteiger partial charge in [-0.25, -0.2) is 0 Å². The van der Waals surface area contributed by atoms with Crippen molar-refractivity contribution in [1.29, 1.82) is 0 Å². The summed E-state index contributed by atoms with van der Waals surface area (Å²) in [5.74, 6) is -1.21. The molecule has 2 rings (SSSR count). The Morgan fingerprint density at radius 3 is 2.04 bits per heavy atom. The molecule has 0 radical (unpaired) electrons. The van der Waals surface area contributed by atoms with E-state index in [2.05, 4.69) is 5.32 Å². The highest BCUT2D eigenvalue weighted by molar-refractivity contribution is 5.98. The molecule has 1 unspecified atom stereocenters. The van der Waals surface area contributed by atoms with Gasteiger partial charge in [0.15, 0.2) is 5.78 Å². The van der Waals surface area contributed by atoms with Crippen LogP contribution in [-0.4, -0.2) is 45.8 Å². The number of benzene rings is 2. The molecule has 1 amide bonds. The normalized spacial score (nSPS) is 14.4. The van der Waals surface area contributed by atoms with Gasteiger partial charge in [-0.3, -0.25) is 9.59 Å². The van der Waals surface area contributed by atoms with Gasteiger partial charge >= 0.3 is 0 Å². The van der Waals surface area contributed by atoms with E-state index in [4.69, 9.17) is 5.11 Å². The fourth-order valence-corrected chi connectivity index (χ4v) is 2.44. The molecule has 0 aromatic heterocycles. The maximum atomic E-state index is 12.2. The highest BCUT2D eigenvalue weighted by Gasteiger charge is 2.25. The van der Waals surface area contributed by atoms with Crippen LogP contribution < -0.4 is 5.32 Å². The van der Waals surface area contributed by atoms with Crippen molar-refractivity contribution in [3.8, 4) is 0 Å². The first-order chi connectivity index (χ1) is 11.9. The van der Waals surface area contributed by atoms with Crippen LogP contribution in [0.15, 0.2) is 54.6 Å². The van der Waals surface area contributed by atoms with Gasteiger partial charge in [0.25, 0.3) is 5.91 Å². The molecule has 0 bridgehead atoms. The Morgan fingerprint density at radius 2 is 1.52 bits per heavy atom. The van der Waals surface area contributed by atoms with Crippen molar-refractivity contribution in [3.05, 3.63) is 71.3 Å². The van der Waals surface area contributed by atoms with Crippen molar-refractivity contribution >= 4 is 11.7 Å². The summed E-state index contributed by atoms with van der Waals surface area (Å²) in [4.78, 5) is 23.8. The summed E-state index contributed by atoms with van der Waals surface area (Å²) in [6.45, 7) is 0.593. The van der Waals surface area contributed by atoms with Crippen molar-refractivity contribution in [2.24, 2.45) is 0 Å². The maximum absolute atomic E-state index is 12.2. The monoisotopic (exact) mass is 343 g/mol. The lowest BCUT2D eigenvalue weighted by Gasteiger charge is -2.19. The minimum absolute atomic E-state index is 0.278. The molecule has 25 heavy (non-hydrogen) atoms. The molecule has 0 spiro atoms. The summed E-state index contributed by atoms with van der Waals surface area (Å²) in [6, 6.07) is 14.2. The van der Waals surface area contributed by atoms with Crippen molar-refractivity contribution in [1.82, 2.24) is 5.32 Å². The predicted molar refractivity (Wildman–Crippen MR) is 92.0 cm³/mol. The Hall–Kier alpha value is -2.54. The van der Waals surface area contributed by atoms with E-state index in [-0.39, 0.29) is 5.56 Å². The summed E-state index contributed by atoms with van der Waals surface area (Å²) in [7, 11) is 0. The highest BCUT2D eigenvalue weighted by atomic mass is 16.3. The molecular weight excluding hydrogens is 322 g/mol. The lowest BCUT2D eigenvalue weighted by Crippen LogP contribution is -2.48. The van der Waals surface area contributed by atoms with Crippen LogP contribution in [0.25, 0.3) is 0 Å². The molecule has 132 valence electrons. The minimum atomic E-state index is -1.17.